The van der Waals surface area contributed by atoms with Crippen LogP contribution >= 0.6 is 0 Å². The summed E-state index contributed by atoms with van der Waals surface area (Å²) >= 11 is 0. The Morgan fingerprint density at radius 1 is 0.400 bits per heavy atom. The highest BCUT2D eigenvalue weighted by Gasteiger charge is 2.31. The minimum atomic E-state index is 0.184. The highest BCUT2D eigenvalue weighted by molar-refractivity contribution is 5.92. The van der Waals surface area contributed by atoms with Gasteiger partial charge in [-0.15, -0.1) is 0 Å². The van der Waals surface area contributed by atoms with Crippen molar-refractivity contribution < 1.29 is 0 Å². The lowest BCUT2D eigenvalue weighted by molar-refractivity contribution is 0.935. The van der Waals surface area contributed by atoms with Crippen LogP contribution in [0.2, 0.25) is 0 Å². The molecule has 1 radical (unpaired) electrons. The average molecular weight is 384 g/mol. The normalized spacial score (nSPS) is 16.6. The van der Waals surface area contributed by atoms with E-state index in [1.807, 2.05) is 0 Å². The van der Waals surface area contributed by atoms with E-state index in [9.17, 15) is 0 Å². The zero-order chi connectivity index (χ0) is 20.2. The van der Waals surface area contributed by atoms with Crippen molar-refractivity contribution in [2.24, 2.45) is 0 Å². The fourth-order valence-electron chi connectivity index (χ4n) is 4.27. The van der Waals surface area contributed by atoms with E-state index >= 15 is 0 Å². The first kappa shape index (κ1) is 18.4. The van der Waals surface area contributed by atoms with Gasteiger partial charge in [0.15, 0.2) is 0 Å². The van der Waals surface area contributed by atoms with Crippen LogP contribution in [0.4, 0.5) is 0 Å². The summed E-state index contributed by atoms with van der Waals surface area (Å²) in [6.07, 6.45) is 4.74. The van der Waals surface area contributed by atoms with E-state index in [0.717, 1.165) is 0 Å². The highest BCUT2D eigenvalue weighted by atomic mass is 14.3. The average Bonchev–Trinajstić information content (AvgIpc) is 2.85. The molecule has 0 heterocycles. The lowest BCUT2D eigenvalue weighted by atomic mass is 9.70. The fourth-order valence-corrected chi connectivity index (χ4v) is 4.27. The molecule has 1 aliphatic rings. The predicted octanol–water partition coefficient (Wildman–Crippen LogP) is 7.57. The van der Waals surface area contributed by atoms with Crippen molar-refractivity contribution in [3.63, 3.8) is 0 Å². The summed E-state index contributed by atoms with van der Waals surface area (Å²) < 4.78 is 0. The number of benzene rings is 4. The molecule has 0 nitrogen and oxygen atoms in total. The van der Waals surface area contributed by atoms with Crippen molar-refractivity contribution in [3.8, 4) is 0 Å². The highest BCUT2D eigenvalue weighted by Crippen LogP contribution is 2.48. The molecule has 0 aromatic heterocycles. The number of hydrogen-bond acceptors (Lipinski definition) is 0. The van der Waals surface area contributed by atoms with E-state index in [1.54, 1.807) is 0 Å². The Labute approximate surface area is 178 Å². The summed E-state index contributed by atoms with van der Waals surface area (Å²) in [4.78, 5) is 0. The van der Waals surface area contributed by atoms with Crippen LogP contribution in [0.1, 0.15) is 28.2 Å². The number of rotatable bonds is 4. The molecule has 0 aliphatic heterocycles. The van der Waals surface area contributed by atoms with Crippen LogP contribution in [0.25, 0.3) is 11.1 Å². The molecule has 30 heavy (non-hydrogen) atoms. The second kappa shape index (κ2) is 8.39. The predicted molar refractivity (Wildman–Crippen MR) is 127 cm³/mol. The molecule has 0 saturated carbocycles. The van der Waals surface area contributed by atoms with Crippen LogP contribution in [0.5, 0.6) is 0 Å². The quantitative estimate of drug-likeness (QED) is 0.341. The Hall–Kier alpha value is -3.64. The van der Waals surface area contributed by atoms with Crippen LogP contribution in [-0.4, -0.2) is 0 Å². The minimum absolute atomic E-state index is 0.184. The van der Waals surface area contributed by atoms with E-state index in [4.69, 9.17) is 0 Å². The first-order valence-corrected chi connectivity index (χ1v) is 10.4. The van der Waals surface area contributed by atoms with Crippen molar-refractivity contribution >= 4 is 11.1 Å². The van der Waals surface area contributed by atoms with Crippen LogP contribution in [-0.2, 0) is 0 Å². The topological polar surface area (TPSA) is 0 Å². The summed E-state index contributed by atoms with van der Waals surface area (Å²) in [5.41, 5.74) is 7.67. The van der Waals surface area contributed by atoms with Gasteiger partial charge in [0.25, 0.3) is 0 Å². The maximum absolute atomic E-state index is 2.37. The number of allylic oxidation sites excluding steroid dienone is 4. The van der Waals surface area contributed by atoms with E-state index in [-0.39, 0.29) is 5.92 Å². The summed E-state index contributed by atoms with van der Waals surface area (Å²) in [6, 6.07) is 43.1. The van der Waals surface area contributed by atoms with E-state index in [2.05, 4.69) is 133 Å². The molecule has 4 aromatic rings. The molecule has 5 rings (SSSR count). The smallest absolute Gasteiger partial charge is 0.0391 e. The van der Waals surface area contributed by atoms with Crippen molar-refractivity contribution in [3.05, 3.63) is 162 Å². The van der Waals surface area contributed by atoms with Gasteiger partial charge in [-0.05, 0) is 33.4 Å². The molecule has 1 atom stereocenters. The Kier molecular flexibility index (Phi) is 5.14. The maximum atomic E-state index is 2.37. The molecule has 0 bridgehead atoms. The molecule has 0 N–H and O–H groups in total. The first-order chi connectivity index (χ1) is 14.9. The Morgan fingerprint density at radius 3 is 1.43 bits per heavy atom. The molecule has 1 aliphatic carbocycles. The van der Waals surface area contributed by atoms with E-state index < -0.39 is 0 Å². The van der Waals surface area contributed by atoms with Crippen molar-refractivity contribution in [1.82, 2.24) is 0 Å². The molecule has 0 fully saturated rings. The van der Waals surface area contributed by atoms with Crippen LogP contribution in [0.15, 0.2) is 133 Å². The molecule has 0 saturated heterocycles. The monoisotopic (exact) mass is 383 g/mol. The Bertz CT molecular complexity index is 1150. The maximum Gasteiger partial charge on any atom is 0.0391 e. The third-order valence-corrected chi connectivity index (χ3v) is 5.70. The van der Waals surface area contributed by atoms with Crippen LogP contribution < -0.4 is 0 Å². The second-order valence-corrected chi connectivity index (χ2v) is 7.60. The minimum Gasteiger partial charge on any atom is -0.0639 e. The standard InChI is InChI=1S/C30H23/c1-5-13-23(14-6-1)27-21-28(24-15-7-2-8-16-24)30(26-19-11-4-12-20-26)29(22-27)25-17-9-3-10-18-25/h1-22,30H. The van der Waals surface area contributed by atoms with Crippen LogP contribution in [0.3, 0.4) is 0 Å². The number of hydrogen-bond donors (Lipinski definition) is 0. The zero-order valence-electron chi connectivity index (χ0n) is 16.8. The molecule has 143 valence electrons. The van der Waals surface area contributed by atoms with Gasteiger partial charge in [0.1, 0.15) is 0 Å². The SMILES string of the molecule is C1=C(c2ccccc2)C=C(c2ccccc2)C(c2ccccc2)[C]1c1ccccc1. The van der Waals surface area contributed by atoms with Crippen molar-refractivity contribution in [2.45, 2.75) is 5.92 Å². The molecular formula is C30H23. The Balaban J connectivity index is 1.74. The van der Waals surface area contributed by atoms with Gasteiger partial charge in [0.2, 0.25) is 0 Å². The van der Waals surface area contributed by atoms with Gasteiger partial charge in [-0.25, -0.2) is 0 Å². The summed E-state index contributed by atoms with van der Waals surface area (Å²) in [5, 5.41) is 0. The lowest BCUT2D eigenvalue weighted by Gasteiger charge is -2.32. The fraction of sp³-hybridized carbons (Fsp3) is 0.0333. The second-order valence-electron chi connectivity index (χ2n) is 7.60. The van der Waals surface area contributed by atoms with Gasteiger partial charge >= 0.3 is 0 Å². The lowest BCUT2D eigenvalue weighted by Crippen LogP contribution is -2.16. The summed E-state index contributed by atoms with van der Waals surface area (Å²) in [7, 11) is 0. The summed E-state index contributed by atoms with van der Waals surface area (Å²) in [6.45, 7) is 0. The molecule has 0 heteroatoms. The van der Waals surface area contributed by atoms with Gasteiger partial charge in [0, 0.05) is 11.8 Å². The third kappa shape index (κ3) is 3.65. The van der Waals surface area contributed by atoms with Gasteiger partial charge < -0.3 is 0 Å². The molecule has 4 aromatic carbocycles. The molecule has 1 unspecified atom stereocenters. The molecule has 0 amide bonds. The molecular weight excluding hydrogens is 360 g/mol. The van der Waals surface area contributed by atoms with Crippen molar-refractivity contribution in [2.75, 3.05) is 0 Å². The van der Waals surface area contributed by atoms with E-state index in [0.29, 0.717) is 0 Å². The van der Waals surface area contributed by atoms with Crippen molar-refractivity contribution in [1.29, 1.82) is 0 Å². The first-order valence-electron chi connectivity index (χ1n) is 10.4. The molecule has 0 spiro atoms. The van der Waals surface area contributed by atoms with Gasteiger partial charge in [-0.2, -0.15) is 0 Å². The van der Waals surface area contributed by atoms with Gasteiger partial charge in [-0.1, -0.05) is 133 Å². The van der Waals surface area contributed by atoms with E-state index in [1.165, 1.54) is 39.3 Å². The van der Waals surface area contributed by atoms with Gasteiger partial charge in [0.05, 0.1) is 0 Å². The Morgan fingerprint density at radius 2 is 0.867 bits per heavy atom. The third-order valence-electron chi connectivity index (χ3n) is 5.70. The zero-order valence-corrected chi connectivity index (χ0v) is 16.8. The largest absolute Gasteiger partial charge is 0.0639 e. The van der Waals surface area contributed by atoms with Gasteiger partial charge in [-0.3, -0.25) is 0 Å². The summed E-state index contributed by atoms with van der Waals surface area (Å²) in [5.74, 6) is 1.52. The van der Waals surface area contributed by atoms with Crippen LogP contribution in [0, 0.1) is 5.92 Å².